The van der Waals surface area contributed by atoms with Crippen LogP contribution in [-0.2, 0) is 11.8 Å². The third-order valence-corrected chi connectivity index (χ3v) is 2.62. The molecule has 0 fully saturated rings. The van der Waals surface area contributed by atoms with Crippen LogP contribution in [0, 0.1) is 0 Å². The van der Waals surface area contributed by atoms with E-state index in [1.165, 1.54) is 0 Å². The Morgan fingerprint density at radius 1 is 1.38 bits per heavy atom. The lowest BCUT2D eigenvalue weighted by Gasteiger charge is -2.13. The summed E-state index contributed by atoms with van der Waals surface area (Å²) in [5.41, 5.74) is 8.81. The normalized spacial score (nSPS) is 12.2. The van der Waals surface area contributed by atoms with Gasteiger partial charge in [-0.15, -0.1) is 0 Å². The predicted octanol–water partition coefficient (Wildman–Crippen LogP) is 1.53. The minimum Gasteiger partial charge on any atom is -0.330 e. The Morgan fingerprint density at radius 3 is 2.75 bits per heavy atom. The van der Waals surface area contributed by atoms with Gasteiger partial charge >= 0.3 is 0 Å². The number of fused-ring (bicyclic) bond motifs is 1. The number of hydrogen-bond donors (Lipinski definition) is 1. The van der Waals surface area contributed by atoms with Crippen molar-refractivity contribution in [2.45, 2.75) is 32.6 Å². The van der Waals surface area contributed by atoms with Crippen LogP contribution >= 0.6 is 0 Å². The van der Waals surface area contributed by atoms with Crippen LogP contribution in [0.2, 0.25) is 0 Å². The second kappa shape index (κ2) is 3.87. The third kappa shape index (κ3) is 1.93. The molecule has 4 nitrogen and oxygen atoms in total. The molecule has 0 aliphatic carbocycles. The Labute approximate surface area is 95.5 Å². The van der Waals surface area contributed by atoms with Gasteiger partial charge in [0.15, 0.2) is 0 Å². The quantitative estimate of drug-likeness (QED) is 0.831. The van der Waals surface area contributed by atoms with Crippen LogP contribution in [0.4, 0.5) is 0 Å². The zero-order valence-corrected chi connectivity index (χ0v) is 10.1. The maximum absolute atomic E-state index is 5.57. The maximum Gasteiger partial charge on any atom is 0.0880 e. The molecule has 0 saturated carbocycles. The Balaban J connectivity index is 2.57. The van der Waals surface area contributed by atoms with E-state index in [1.807, 2.05) is 10.7 Å². The molecule has 0 amide bonds. The molecule has 2 aromatic rings. The molecule has 0 aromatic carbocycles. The first-order valence-electron chi connectivity index (χ1n) is 5.56. The van der Waals surface area contributed by atoms with E-state index in [0.717, 1.165) is 23.3 Å². The molecule has 2 heterocycles. The number of nitrogens with two attached hydrogens (primary N) is 1. The molecule has 16 heavy (non-hydrogen) atoms. The summed E-state index contributed by atoms with van der Waals surface area (Å²) < 4.78 is 1.89. The Kier molecular flexibility index (Phi) is 2.68. The zero-order chi connectivity index (χ0) is 11.8. The molecule has 4 heteroatoms. The van der Waals surface area contributed by atoms with Crippen LogP contribution < -0.4 is 5.73 Å². The van der Waals surface area contributed by atoms with Crippen molar-refractivity contribution in [2.75, 3.05) is 6.54 Å². The number of rotatable bonds is 2. The van der Waals surface area contributed by atoms with Crippen LogP contribution in [-0.4, -0.2) is 21.1 Å². The summed E-state index contributed by atoms with van der Waals surface area (Å²) in [5.74, 6) is 0. The van der Waals surface area contributed by atoms with E-state index in [2.05, 4.69) is 36.9 Å². The maximum atomic E-state index is 5.57. The van der Waals surface area contributed by atoms with Crippen molar-refractivity contribution in [3.05, 3.63) is 29.8 Å². The largest absolute Gasteiger partial charge is 0.330 e. The highest BCUT2D eigenvalue weighted by atomic mass is 15.2. The molecule has 0 saturated heterocycles. The molecule has 0 unspecified atom stereocenters. The molecule has 2 aromatic heterocycles. The SMILES string of the molecule is CC(C)(C)c1cc2c(CCN)nccn2n1. The summed E-state index contributed by atoms with van der Waals surface area (Å²) in [6, 6.07) is 2.11. The van der Waals surface area contributed by atoms with Crippen molar-refractivity contribution in [1.29, 1.82) is 0 Å². The van der Waals surface area contributed by atoms with Gasteiger partial charge in [-0.25, -0.2) is 4.52 Å². The van der Waals surface area contributed by atoms with Crippen LogP contribution in [0.25, 0.3) is 5.52 Å². The topological polar surface area (TPSA) is 56.2 Å². The van der Waals surface area contributed by atoms with Crippen LogP contribution in [0.3, 0.4) is 0 Å². The van der Waals surface area contributed by atoms with E-state index >= 15 is 0 Å². The monoisotopic (exact) mass is 218 g/mol. The average Bonchev–Trinajstić information content (AvgIpc) is 2.62. The van der Waals surface area contributed by atoms with Crippen molar-refractivity contribution in [1.82, 2.24) is 14.6 Å². The lowest BCUT2D eigenvalue weighted by atomic mass is 9.92. The molecule has 0 atom stereocenters. The van der Waals surface area contributed by atoms with E-state index in [4.69, 9.17) is 5.73 Å². The van der Waals surface area contributed by atoms with Crippen molar-refractivity contribution in [3.8, 4) is 0 Å². The van der Waals surface area contributed by atoms with Gasteiger partial charge < -0.3 is 5.73 Å². The van der Waals surface area contributed by atoms with Crippen LogP contribution in [0.5, 0.6) is 0 Å². The van der Waals surface area contributed by atoms with E-state index in [9.17, 15) is 0 Å². The van der Waals surface area contributed by atoms with Gasteiger partial charge in [0.2, 0.25) is 0 Å². The van der Waals surface area contributed by atoms with Gasteiger partial charge in [0, 0.05) is 24.2 Å². The summed E-state index contributed by atoms with van der Waals surface area (Å²) in [7, 11) is 0. The fraction of sp³-hybridized carbons (Fsp3) is 0.500. The van der Waals surface area contributed by atoms with Gasteiger partial charge in [0.05, 0.1) is 16.9 Å². The second-order valence-electron chi connectivity index (χ2n) is 5.02. The molecule has 2 rings (SSSR count). The van der Waals surface area contributed by atoms with Gasteiger partial charge in [-0.05, 0) is 12.6 Å². The van der Waals surface area contributed by atoms with E-state index in [-0.39, 0.29) is 5.41 Å². The highest BCUT2D eigenvalue weighted by Gasteiger charge is 2.18. The summed E-state index contributed by atoms with van der Waals surface area (Å²) in [4.78, 5) is 4.35. The average molecular weight is 218 g/mol. The van der Waals surface area contributed by atoms with E-state index in [0.29, 0.717) is 6.54 Å². The Bertz CT molecular complexity index is 493. The first-order chi connectivity index (χ1) is 7.52. The lowest BCUT2D eigenvalue weighted by molar-refractivity contribution is 0.562. The molecular formula is C12H18N4. The third-order valence-electron chi connectivity index (χ3n) is 2.62. The first kappa shape index (κ1) is 11.1. The molecule has 0 radical (unpaired) electrons. The number of nitrogens with zero attached hydrogens (tertiary/aromatic N) is 3. The first-order valence-corrected chi connectivity index (χ1v) is 5.56. The standard InChI is InChI=1S/C12H18N4/c1-12(2,3)11-8-10-9(4-5-13)14-6-7-16(10)15-11/h6-8H,4-5,13H2,1-3H3. The minimum atomic E-state index is 0.0615. The molecule has 2 N–H and O–H groups in total. The number of aromatic nitrogens is 3. The van der Waals surface area contributed by atoms with Gasteiger partial charge in [-0.1, -0.05) is 20.8 Å². The Morgan fingerprint density at radius 2 is 2.12 bits per heavy atom. The fourth-order valence-electron chi connectivity index (χ4n) is 1.67. The molecule has 0 aliphatic rings. The minimum absolute atomic E-state index is 0.0615. The lowest BCUT2D eigenvalue weighted by Crippen LogP contribution is -2.11. The van der Waals surface area contributed by atoms with Gasteiger partial charge in [-0.3, -0.25) is 4.98 Å². The molecule has 0 bridgehead atoms. The molecule has 0 spiro atoms. The van der Waals surface area contributed by atoms with E-state index in [1.54, 1.807) is 6.20 Å². The van der Waals surface area contributed by atoms with Gasteiger partial charge in [0.1, 0.15) is 0 Å². The van der Waals surface area contributed by atoms with Crippen molar-refractivity contribution in [2.24, 2.45) is 5.73 Å². The smallest absolute Gasteiger partial charge is 0.0880 e. The fourth-order valence-corrected chi connectivity index (χ4v) is 1.67. The van der Waals surface area contributed by atoms with Crippen molar-refractivity contribution in [3.63, 3.8) is 0 Å². The van der Waals surface area contributed by atoms with Gasteiger partial charge in [0.25, 0.3) is 0 Å². The van der Waals surface area contributed by atoms with E-state index < -0.39 is 0 Å². The molecule has 0 aliphatic heterocycles. The zero-order valence-electron chi connectivity index (χ0n) is 10.1. The highest BCUT2D eigenvalue weighted by molar-refractivity contribution is 5.53. The predicted molar refractivity (Wildman–Crippen MR) is 64.4 cm³/mol. The summed E-state index contributed by atoms with van der Waals surface area (Å²) in [6.45, 7) is 7.09. The van der Waals surface area contributed by atoms with Gasteiger partial charge in [-0.2, -0.15) is 5.10 Å². The highest BCUT2D eigenvalue weighted by Crippen LogP contribution is 2.22. The molecule has 86 valence electrons. The van der Waals surface area contributed by atoms with Crippen molar-refractivity contribution < 1.29 is 0 Å². The summed E-state index contributed by atoms with van der Waals surface area (Å²) in [6.07, 6.45) is 4.45. The summed E-state index contributed by atoms with van der Waals surface area (Å²) >= 11 is 0. The summed E-state index contributed by atoms with van der Waals surface area (Å²) in [5, 5.41) is 4.56. The Hall–Kier alpha value is -1.42. The second-order valence-corrected chi connectivity index (χ2v) is 5.02. The van der Waals surface area contributed by atoms with Crippen LogP contribution in [0.15, 0.2) is 18.5 Å². The molecular weight excluding hydrogens is 200 g/mol. The van der Waals surface area contributed by atoms with Crippen molar-refractivity contribution >= 4 is 5.52 Å². The van der Waals surface area contributed by atoms with Crippen LogP contribution in [0.1, 0.15) is 32.2 Å². The number of hydrogen-bond acceptors (Lipinski definition) is 3.